The third kappa shape index (κ3) is 5.20. The Labute approximate surface area is 162 Å². The highest BCUT2D eigenvalue weighted by atomic mass is 16.8. The summed E-state index contributed by atoms with van der Waals surface area (Å²) in [4.78, 5) is 21.0. The molecule has 0 amide bonds. The van der Waals surface area contributed by atoms with Crippen LogP contribution in [0.25, 0.3) is 0 Å². The summed E-state index contributed by atoms with van der Waals surface area (Å²) in [6.45, 7) is 0.642. The van der Waals surface area contributed by atoms with Crippen molar-refractivity contribution in [1.82, 2.24) is 4.98 Å². The van der Waals surface area contributed by atoms with E-state index < -0.39 is 12.3 Å². The summed E-state index contributed by atoms with van der Waals surface area (Å²) in [6, 6.07) is 10.0. The number of aromatic nitrogens is 1. The molecule has 1 fully saturated rings. The first-order valence-corrected chi connectivity index (χ1v) is 8.97. The van der Waals surface area contributed by atoms with Crippen LogP contribution in [0.3, 0.4) is 0 Å². The third-order valence-corrected chi connectivity index (χ3v) is 4.15. The number of hydrogen-bond acceptors (Lipinski definition) is 7. The van der Waals surface area contributed by atoms with E-state index in [0.717, 1.165) is 19.3 Å². The third-order valence-electron chi connectivity index (χ3n) is 4.15. The first kappa shape index (κ1) is 19.6. The van der Waals surface area contributed by atoms with E-state index in [1.165, 1.54) is 18.3 Å². The first-order valence-electron chi connectivity index (χ1n) is 8.97. The van der Waals surface area contributed by atoms with Crippen molar-refractivity contribution in [2.24, 2.45) is 5.16 Å². The maximum atomic E-state index is 11.3. The second-order valence-corrected chi connectivity index (χ2v) is 6.11. The highest BCUT2D eigenvalue weighted by Gasteiger charge is 2.17. The fourth-order valence-corrected chi connectivity index (χ4v) is 2.67. The van der Waals surface area contributed by atoms with E-state index in [4.69, 9.17) is 19.0 Å². The molecule has 1 aromatic carbocycles. The molecule has 8 heteroatoms. The van der Waals surface area contributed by atoms with E-state index in [9.17, 15) is 9.90 Å². The van der Waals surface area contributed by atoms with Gasteiger partial charge >= 0.3 is 5.97 Å². The number of carboxylic acid groups (broad SMARTS) is 1. The molecule has 0 bridgehead atoms. The first-order chi connectivity index (χ1) is 13.7. The summed E-state index contributed by atoms with van der Waals surface area (Å²) in [5.41, 5.74) is 0.803. The Morgan fingerprint density at radius 3 is 2.82 bits per heavy atom. The Morgan fingerprint density at radius 2 is 2.11 bits per heavy atom. The van der Waals surface area contributed by atoms with Crippen LogP contribution in [-0.4, -0.2) is 48.4 Å². The number of nitrogens with zero attached hydrogens (tertiary/aromatic N) is 2. The van der Waals surface area contributed by atoms with Gasteiger partial charge in [0.1, 0.15) is 12.3 Å². The lowest BCUT2D eigenvalue weighted by Gasteiger charge is -2.20. The molecule has 2 heterocycles. The number of benzene rings is 1. The van der Waals surface area contributed by atoms with Gasteiger partial charge in [-0.25, -0.2) is 4.79 Å². The number of ether oxygens (including phenoxy) is 3. The van der Waals surface area contributed by atoms with Gasteiger partial charge in [-0.1, -0.05) is 17.3 Å². The summed E-state index contributed by atoms with van der Waals surface area (Å²) >= 11 is 0. The van der Waals surface area contributed by atoms with Crippen LogP contribution in [-0.2, 0) is 9.57 Å². The van der Waals surface area contributed by atoms with Crippen LogP contribution in [0.4, 0.5) is 0 Å². The monoisotopic (exact) mass is 386 g/mol. The summed E-state index contributed by atoms with van der Waals surface area (Å²) in [5, 5.41) is 13.4. The highest BCUT2D eigenvalue weighted by Crippen LogP contribution is 2.26. The zero-order valence-electron chi connectivity index (χ0n) is 15.5. The summed E-state index contributed by atoms with van der Waals surface area (Å²) in [6.07, 6.45) is 3.72. The lowest BCUT2D eigenvalue weighted by molar-refractivity contribution is -0.162. The fourth-order valence-electron chi connectivity index (χ4n) is 2.67. The number of aromatic carboxylic acids is 1. The van der Waals surface area contributed by atoms with Crippen LogP contribution in [0.2, 0.25) is 0 Å². The van der Waals surface area contributed by atoms with E-state index >= 15 is 0 Å². The Bertz CT molecular complexity index is 833. The van der Waals surface area contributed by atoms with Gasteiger partial charge in [0.2, 0.25) is 6.29 Å². The van der Waals surface area contributed by atoms with Crippen molar-refractivity contribution in [2.45, 2.75) is 25.6 Å². The van der Waals surface area contributed by atoms with Gasteiger partial charge < -0.3 is 24.2 Å². The smallest absolute Gasteiger partial charge is 0.335 e. The zero-order valence-corrected chi connectivity index (χ0v) is 15.5. The molecule has 1 aromatic heterocycles. The van der Waals surface area contributed by atoms with Gasteiger partial charge in [0.05, 0.1) is 25.0 Å². The fraction of sp³-hybridized carbons (Fsp3) is 0.350. The Hall–Kier alpha value is -3.13. The van der Waals surface area contributed by atoms with Crippen molar-refractivity contribution in [2.75, 3.05) is 20.3 Å². The molecule has 3 rings (SSSR count). The SMILES string of the molecule is COc1ccccc1OC/C(=N\OC1CCCCO1)c1cc(C(=O)O)ccn1. The van der Waals surface area contributed by atoms with E-state index in [0.29, 0.717) is 29.5 Å². The molecular weight excluding hydrogens is 364 g/mol. The minimum atomic E-state index is -1.05. The molecule has 1 aliphatic rings. The molecule has 28 heavy (non-hydrogen) atoms. The molecule has 1 N–H and O–H groups in total. The molecule has 148 valence electrons. The van der Waals surface area contributed by atoms with Crippen LogP contribution < -0.4 is 9.47 Å². The number of carbonyl (C=O) groups is 1. The average molecular weight is 386 g/mol. The Balaban J connectivity index is 1.81. The van der Waals surface area contributed by atoms with Crippen LogP contribution in [0.1, 0.15) is 35.3 Å². The summed E-state index contributed by atoms with van der Waals surface area (Å²) in [7, 11) is 1.55. The van der Waals surface area contributed by atoms with Crippen molar-refractivity contribution in [1.29, 1.82) is 0 Å². The van der Waals surface area contributed by atoms with Crippen molar-refractivity contribution in [3.8, 4) is 11.5 Å². The molecule has 1 unspecified atom stereocenters. The molecular formula is C20H22N2O6. The minimum absolute atomic E-state index is 0.0170. The maximum absolute atomic E-state index is 11.3. The lowest BCUT2D eigenvalue weighted by atomic mass is 10.2. The number of oxime groups is 1. The number of para-hydroxylation sites is 2. The second-order valence-electron chi connectivity index (χ2n) is 6.11. The van der Waals surface area contributed by atoms with Gasteiger partial charge in [0.25, 0.3) is 0 Å². The molecule has 2 aromatic rings. The van der Waals surface area contributed by atoms with Gasteiger partial charge in [0.15, 0.2) is 11.5 Å². The predicted molar refractivity (Wildman–Crippen MR) is 101 cm³/mol. The second kappa shape index (κ2) is 9.70. The van der Waals surface area contributed by atoms with Gasteiger partial charge in [-0.3, -0.25) is 4.98 Å². The molecule has 1 aliphatic heterocycles. The number of methoxy groups -OCH3 is 1. The molecule has 8 nitrogen and oxygen atoms in total. The van der Waals surface area contributed by atoms with Crippen LogP contribution in [0.5, 0.6) is 11.5 Å². The van der Waals surface area contributed by atoms with Crippen molar-refractivity contribution in [3.63, 3.8) is 0 Å². The number of hydrogen-bond donors (Lipinski definition) is 1. The van der Waals surface area contributed by atoms with Gasteiger partial charge in [0, 0.05) is 12.6 Å². The van der Waals surface area contributed by atoms with Crippen molar-refractivity contribution in [3.05, 3.63) is 53.9 Å². The predicted octanol–water partition coefficient (Wildman–Crippen LogP) is 3.11. The molecule has 0 aliphatic carbocycles. The van der Waals surface area contributed by atoms with Crippen LogP contribution in [0, 0.1) is 0 Å². The minimum Gasteiger partial charge on any atom is -0.493 e. The van der Waals surface area contributed by atoms with Crippen LogP contribution >= 0.6 is 0 Å². The van der Waals surface area contributed by atoms with Crippen LogP contribution in [0.15, 0.2) is 47.8 Å². The van der Waals surface area contributed by atoms with Gasteiger partial charge in [-0.2, -0.15) is 0 Å². The Kier molecular flexibility index (Phi) is 6.80. The number of carboxylic acids is 1. The average Bonchev–Trinajstić information content (AvgIpc) is 2.75. The largest absolute Gasteiger partial charge is 0.493 e. The molecule has 1 saturated heterocycles. The normalized spacial score (nSPS) is 17.0. The van der Waals surface area contributed by atoms with E-state index in [2.05, 4.69) is 10.1 Å². The number of pyridine rings is 1. The van der Waals surface area contributed by atoms with E-state index in [-0.39, 0.29) is 12.2 Å². The van der Waals surface area contributed by atoms with Gasteiger partial charge in [-0.15, -0.1) is 0 Å². The zero-order chi connectivity index (χ0) is 19.8. The molecule has 0 radical (unpaired) electrons. The van der Waals surface area contributed by atoms with E-state index in [1.807, 2.05) is 12.1 Å². The number of rotatable bonds is 8. The molecule has 0 spiro atoms. The molecule has 0 saturated carbocycles. The maximum Gasteiger partial charge on any atom is 0.335 e. The topological polar surface area (TPSA) is 99.5 Å². The quantitative estimate of drug-likeness (QED) is 0.550. The standard InChI is InChI=1S/C20H22N2O6/c1-25-17-6-2-3-7-18(17)27-13-16(22-28-19-8-4-5-11-26-19)15-12-14(20(23)24)9-10-21-15/h2-3,6-7,9-10,12,19H,4-5,8,11,13H2,1H3,(H,23,24)/b22-16+. The van der Waals surface area contributed by atoms with Crippen molar-refractivity contribution < 1.29 is 28.9 Å². The molecule has 1 atom stereocenters. The van der Waals surface area contributed by atoms with Gasteiger partial charge in [-0.05, 0) is 37.1 Å². The lowest BCUT2D eigenvalue weighted by Crippen LogP contribution is -2.22. The Morgan fingerprint density at radius 1 is 1.29 bits per heavy atom. The van der Waals surface area contributed by atoms with Crippen molar-refractivity contribution >= 4 is 11.7 Å². The highest BCUT2D eigenvalue weighted by molar-refractivity contribution is 6.01. The summed E-state index contributed by atoms with van der Waals surface area (Å²) in [5.74, 6) is 0.0526. The van der Waals surface area contributed by atoms with E-state index in [1.54, 1.807) is 19.2 Å². The summed E-state index contributed by atoms with van der Waals surface area (Å²) < 4.78 is 16.6.